The van der Waals surface area contributed by atoms with Gasteiger partial charge in [0, 0.05) is 11.0 Å². The first-order chi connectivity index (χ1) is 8.97. The largest absolute Gasteiger partial charge is 0.508 e. The van der Waals surface area contributed by atoms with Crippen LogP contribution in [-0.2, 0) is 0 Å². The van der Waals surface area contributed by atoms with E-state index in [9.17, 15) is 19.6 Å². The first kappa shape index (κ1) is 14.1. The fraction of sp³-hybridized carbons (Fsp3) is 0. The molecule has 0 radical (unpaired) electrons. The fourth-order valence-electron chi connectivity index (χ4n) is 1.42. The highest BCUT2D eigenvalue weighted by molar-refractivity contribution is 14.1. The molecule has 0 aliphatic heterocycles. The molecular weight excluding hydrogens is 384 g/mol. The first-order valence-electron chi connectivity index (χ1n) is 5.07. The standard InChI is InChI=1S/C12H7FINO3S/c13-9-5-12(11(15(17)18)6-10(9)14)19-8-3-1-2-7(16)4-8/h1-6,16H. The Kier molecular flexibility index (Phi) is 4.25. The van der Waals surface area contributed by atoms with E-state index in [4.69, 9.17) is 0 Å². The third-order valence-corrected chi connectivity index (χ3v) is 4.11. The van der Waals surface area contributed by atoms with E-state index in [-0.39, 0.29) is 19.9 Å². The van der Waals surface area contributed by atoms with Crippen molar-refractivity contribution in [3.05, 3.63) is 55.9 Å². The Morgan fingerprint density at radius 3 is 2.68 bits per heavy atom. The molecule has 7 heteroatoms. The van der Waals surface area contributed by atoms with Crippen molar-refractivity contribution in [2.45, 2.75) is 9.79 Å². The van der Waals surface area contributed by atoms with E-state index < -0.39 is 10.7 Å². The highest BCUT2D eigenvalue weighted by Gasteiger charge is 2.18. The molecule has 2 rings (SSSR count). The average molecular weight is 391 g/mol. The van der Waals surface area contributed by atoms with Gasteiger partial charge in [-0.2, -0.15) is 0 Å². The van der Waals surface area contributed by atoms with E-state index in [0.717, 1.165) is 17.8 Å². The molecule has 0 aromatic heterocycles. The summed E-state index contributed by atoms with van der Waals surface area (Å²) in [6, 6.07) is 8.59. The molecule has 19 heavy (non-hydrogen) atoms. The Morgan fingerprint density at radius 2 is 2.05 bits per heavy atom. The number of phenols is 1. The zero-order chi connectivity index (χ0) is 14.0. The Morgan fingerprint density at radius 1 is 1.32 bits per heavy atom. The number of aromatic hydroxyl groups is 1. The molecule has 2 aromatic carbocycles. The number of nitro benzene ring substituents is 1. The van der Waals surface area contributed by atoms with Crippen LogP contribution in [0, 0.1) is 19.5 Å². The smallest absolute Gasteiger partial charge is 0.284 e. The topological polar surface area (TPSA) is 63.4 Å². The van der Waals surface area contributed by atoms with Crippen molar-refractivity contribution in [3.8, 4) is 5.75 Å². The highest BCUT2D eigenvalue weighted by Crippen LogP contribution is 2.37. The number of halogens is 2. The van der Waals surface area contributed by atoms with Gasteiger partial charge in [0.1, 0.15) is 11.6 Å². The van der Waals surface area contributed by atoms with Crippen molar-refractivity contribution in [1.29, 1.82) is 0 Å². The summed E-state index contributed by atoms with van der Waals surface area (Å²) in [5.41, 5.74) is -0.154. The molecule has 0 atom stereocenters. The van der Waals surface area contributed by atoms with Crippen molar-refractivity contribution < 1.29 is 14.4 Å². The second-order valence-electron chi connectivity index (χ2n) is 3.59. The van der Waals surface area contributed by atoms with Gasteiger partial charge >= 0.3 is 0 Å². The maximum absolute atomic E-state index is 13.5. The van der Waals surface area contributed by atoms with Crippen LogP contribution in [0.1, 0.15) is 0 Å². The fourth-order valence-corrected chi connectivity index (χ4v) is 2.85. The zero-order valence-electron chi connectivity index (χ0n) is 9.34. The SMILES string of the molecule is O=[N+]([O-])c1cc(I)c(F)cc1Sc1cccc(O)c1. The maximum Gasteiger partial charge on any atom is 0.284 e. The number of phenolic OH excluding ortho intramolecular Hbond substituents is 1. The molecule has 0 saturated heterocycles. The van der Waals surface area contributed by atoms with E-state index in [2.05, 4.69) is 0 Å². The van der Waals surface area contributed by atoms with Crippen LogP contribution in [-0.4, -0.2) is 10.0 Å². The molecule has 0 aliphatic rings. The van der Waals surface area contributed by atoms with Gasteiger partial charge in [0.15, 0.2) is 0 Å². The summed E-state index contributed by atoms with van der Waals surface area (Å²) < 4.78 is 13.7. The van der Waals surface area contributed by atoms with Gasteiger partial charge in [0.25, 0.3) is 5.69 Å². The number of hydrogen-bond acceptors (Lipinski definition) is 4. The molecular formula is C12H7FINO3S. The van der Waals surface area contributed by atoms with Crippen molar-refractivity contribution >= 4 is 40.0 Å². The maximum atomic E-state index is 13.5. The van der Waals surface area contributed by atoms with Crippen LogP contribution < -0.4 is 0 Å². The van der Waals surface area contributed by atoms with Gasteiger partial charge in [-0.25, -0.2) is 4.39 Å². The molecule has 98 valence electrons. The average Bonchev–Trinajstić information content (AvgIpc) is 2.33. The van der Waals surface area contributed by atoms with Crippen LogP contribution >= 0.6 is 34.4 Å². The molecule has 0 bridgehead atoms. The van der Waals surface area contributed by atoms with Gasteiger partial charge in [-0.3, -0.25) is 10.1 Å². The lowest BCUT2D eigenvalue weighted by molar-refractivity contribution is -0.387. The van der Waals surface area contributed by atoms with Gasteiger partial charge in [-0.15, -0.1) is 0 Å². The summed E-state index contributed by atoms with van der Waals surface area (Å²) >= 11 is 2.74. The monoisotopic (exact) mass is 391 g/mol. The summed E-state index contributed by atoms with van der Waals surface area (Å²) in [5, 5.41) is 20.3. The summed E-state index contributed by atoms with van der Waals surface area (Å²) in [5.74, 6) is -0.451. The molecule has 0 fully saturated rings. The van der Waals surface area contributed by atoms with Crippen LogP contribution in [0.4, 0.5) is 10.1 Å². The predicted octanol–water partition coefficient (Wildman–Crippen LogP) is 4.20. The van der Waals surface area contributed by atoms with Gasteiger partial charge in [-0.1, -0.05) is 17.8 Å². The van der Waals surface area contributed by atoms with Crippen molar-refractivity contribution in [2.24, 2.45) is 0 Å². The molecule has 0 aliphatic carbocycles. The van der Waals surface area contributed by atoms with Crippen LogP contribution in [0.3, 0.4) is 0 Å². The normalized spacial score (nSPS) is 10.4. The summed E-state index contributed by atoms with van der Waals surface area (Å²) in [4.78, 5) is 11.2. The minimum absolute atomic E-state index is 0.0543. The zero-order valence-corrected chi connectivity index (χ0v) is 12.3. The Labute approximate surface area is 125 Å². The predicted molar refractivity (Wildman–Crippen MR) is 78.0 cm³/mol. The lowest BCUT2D eigenvalue weighted by Gasteiger charge is -2.05. The quantitative estimate of drug-likeness (QED) is 0.484. The Bertz CT molecular complexity index is 651. The third-order valence-electron chi connectivity index (χ3n) is 2.24. The molecule has 0 spiro atoms. The molecule has 0 amide bonds. The summed E-state index contributed by atoms with van der Waals surface area (Å²) in [6.07, 6.45) is 0. The van der Waals surface area contributed by atoms with Crippen LogP contribution in [0.5, 0.6) is 5.75 Å². The Hall–Kier alpha value is -1.35. The molecule has 2 aromatic rings. The molecule has 0 heterocycles. The first-order valence-corrected chi connectivity index (χ1v) is 6.97. The van der Waals surface area contributed by atoms with Crippen LogP contribution in [0.15, 0.2) is 46.2 Å². The van der Waals surface area contributed by atoms with Gasteiger partial charge < -0.3 is 5.11 Å². The number of nitrogens with zero attached hydrogens (tertiary/aromatic N) is 1. The lowest BCUT2D eigenvalue weighted by Crippen LogP contribution is -1.94. The van der Waals surface area contributed by atoms with Crippen molar-refractivity contribution in [2.75, 3.05) is 0 Å². The van der Waals surface area contributed by atoms with E-state index in [1.54, 1.807) is 34.7 Å². The van der Waals surface area contributed by atoms with Crippen molar-refractivity contribution in [3.63, 3.8) is 0 Å². The number of nitro groups is 1. The molecule has 4 nitrogen and oxygen atoms in total. The van der Waals surface area contributed by atoms with E-state index in [0.29, 0.717) is 4.90 Å². The van der Waals surface area contributed by atoms with Crippen LogP contribution in [0.2, 0.25) is 0 Å². The van der Waals surface area contributed by atoms with E-state index in [1.165, 1.54) is 18.2 Å². The van der Waals surface area contributed by atoms with Crippen molar-refractivity contribution in [1.82, 2.24) is 0 Å². The highest BCUT2D eigenvalue weighted by atomic mass is 127. The molecule has 0 unspecified atom stereocenters. The van der Waals surface area contributed by atoms with E-state index in [1.807, 2.05) is 0 Å². The molecule has 1 N–H and O–H groups in total. The third kappa shape index (κ3) is 3.35. The number of hydrogen-bond donors (Lipinski definition) is 1. The van der Waals surface area contributed by atoms with E-state index >= 15 is 0 Å². The Balaban J connectivity index is 2.44. The van der Waals surface area contributed by atoms with Gasteiger partial charge in [0.2, 0.25) is 0 Å². The lowest BCUT2D eigenvalue weighted by atomic mass is 10.3. The second-order valence-corrected chi connectivity index (χ2v) is 5.87. The second kappa shape index (κ2) is 5.74. The summed E-state index contributed by atoms with van der Waals surface area (Å²) in [6.45, 7) is 0. The van der Waals surface area contributed by atoms with Gasteiger partial charge in [-0.05, 0) is 46.9 Å². The minimum Gasteiger partial charge on any atom is -0.508 e. The van der Waals surface area contributed by atoms with Gasteiger partial charge in [0.05, 0.1) is 13.4 Å². The number of rotatable bonds is 3. The minimum atomic E-state index is -0.549. The number of benzene rings is 2. The molecule has 0 saturated carbocycles. The summed E-state index contributed by atoms with van der Waals surface area (Å²) in [7, 11) is 0. The van der Waals surface area contributed by atoms with Crippen LogP contribution in [0.25, 0.3) is 0 Å².